The van der Waals surface area contributed by atoms with E-state index in [0.717, 1.165) is 74.2 Å². The quantitative estimate of drug-likeness (QED) is 0.0993. The van der Waals surface area contributed by atoms with Crippen LogP contribution in [-0.2, 0) is 33.3 Å². The first-order valence-corrected chi connectivity index (χ1v) is 25.8. The standard InChI is InChI=1S/C57H77F3N6O7/c1-53(2,3)45(51(69)70)33-48(49(61)67)66-46-23-18-42(32-47(46)62(8)52(66)71)50(68)65-29-27-63(28-30-65)34-38-10-14-40(15-11-38)41-16-12-39(13-17-41)35-64(37-54(4,5)57(58,59)60)26-24-56(25-31-73-55(6,7)36-56)43-19-21-44(72-9)22-20-43/h12-14,16-23,32,38,45,48H,10-11,15,24-31,33-37H2,1-9H3,(H2,61,67)(H,69,70)/t38-,45?,48+,56+/m0/s1. The number of aryl methyl sites for hydroxylation is 1. The number of nitrogens with two attached hydrogens (primary N) is 1. The number of rotatable bonds is 18. The molecule has 3 aliphatic rings. The summed E-state index contributed by atoms with van der Waals surface area (Å²) in [4.78, 5) is 58.6. The summed E-state index contributed by atoms with van der Waals surface area (Å²) < 4.78 is 57.4. The third-order valence-corrected chi connectivity index (χ3v) is 16.0. The number of imidazole rings is 1. The fraction of sp³-hybridized carbons (Fsp3) is 0.579. The van der Waals surface area contributed by atoms with E-state index in [0.29, 0.717) is 61.7 Å². The highest BCUT2D eigenvalue weighted by molar-refractivity contribution is 5.98. The lowest BCUT2D eigenvalue weighted by Gasteiger charge is -2.46. The molecule has 2 fully saturated rings. The van der Waals surface area contributed by atoms with E-state index in [1.54, 1.807) is 53.1 Å². The zero-order valence-corrected chi connectivity index (χ0v) is 44.3. The minimum atomic E-state index is -4.36. The van der Waals surface area contributed by atoms with Crippen LogP contribution in [0.15, 0.2) is 77.6 Å². The van der Waals surface area contributed by atoms with Crippen molar-refractivity contribution in [2.45, 2.75) is 123 Å². The van der Waals surface area contributed by atoms with Crippen molar-refractivity contribution in [3.8, 4) is 5.75 Å². The number of methoxy groups -OCH3 is 1. The molecule has 3 N–H and O–H groups in total. The smallest absolute Gasteiger partial charge is 0.395 e. The summed E-state index contributed by atoms with van der Waals surface area (Å²) in [5, 5.41) is 9.96. The summed E-state index contributed by atoms with van der Waals surface area (Å²) in [6.07, 6.45) is 2.92. The maximum absolute atomic E-state index is 14.4. The summed E-state index contributed by atoms with van der Waals surface area (Å²) in [5.41, 5.74) is 7.84. The largest absolute Gasteiger partial charge is 0.497 e. The zero-order chi connectivity index (χ0) is 53.3. The topological polar surface area (TPSA) is 153 Å². The van der Waals surface area contributed by atoms with Crippen molar-refractivity contribution in [1.29, 1.82) is 0 Å². The molecule has 1 aromatic heterocycles. The molecule has 0 bridgehead atoms. The fourth-order valence-corrected chi connectivity index (χ4v) is 11.5. The Labute approximate surface area is 428 Å². The Bertz CT molecular complexity index is 2690. The summed E-state index contributed by atoms with van der Waals surface area (Å²) in [6.45, 7) is 16.9. The normalized spacial score (nSPS) is 21.0. The molecule has 398 valence electrons. The monoisotopic (exact) mass is 1010 g/mol. The van der Waals surface area contributed by atoms with Gasteiger partial charge >= 0.3 is 17.8 Å². The number of hydrogen-bond acceptors (Lipinski definition) is 8. The molecule has 4 atom stereocenters. The van der Waals surface area contributed by atoms with E-state index >= 15 is 0 Å². The van der Waals surface area contributed by atoms with Crippen LogP contribution in [-0.4, -0.2) is 118 Å². The first-order chi connectivity index (χ1) is 34.2. The summed E-state index contributed by atoms with van der Waals surface area (Å²) >= 11 is 0. The van der Waals surface area contributed by atoms with Crippen molar-refractivity contribution < 1.29 is 42.1 Å². The lowest BCUT2D eigenvalue weighted by atomic mass is 9.67. The number of carboxylic acids is 1. The molecule has 4 aromatic rings. The zero-order valence-electron chi connectivity index (χ0n) is 44.3. The number of hydrogen-bond donors (Lipinski definition) is 2. The second-order valence-electron chi connectivity index (χ2n) is 23.4. The van der Waals surface area contributed by atoms with Crippen LogP contribution in [0, 0.1) is 22.7 Å². The lowest BCUT2D eigenvalue weighted by molar-refractivity contribution is -0.217. The highest BCUT2D eigenvalue weighted by atomic mass is 19.4. The Balaban J connectivity index is 0.950. The molecule has 13 nitrogen and oxygen atoms in total. The average molecular weight is 1020 g/mol. The second-order valence-corrected chi connectivity index (χ2v) is 23.4. The van der Waals surface area contributed by atoms with E-state index in [-0.39, 0.29) is 29.9 Å². The first kappa shape index (κ1) is 55.3. The molecule has 0 spiro atoms. The number of benzene rings is 3. The molecular formula is C57H77F3N6O7. The molecule has 7 rings (SSSR count). The van der Waals surface area contributed by atoms with E-state index in [4.69, 9.17) is 15.2 Å². The number of amides is 2. The molecule has 0 radical (unpaired) electrons. The molecule has 1 unspecified atom stereocenters. The third-order valence-electron chi connectivity index (χ3n) is 16.0. The fourth-order valence-electron chi connectivity index (χ4n) is 11.5. The van der Waals surface area contributed by atoms with E-state index in [2.05, 4.69) is 61.2 Å². The van der Waals surface area contributed by atoms with Gasteiger partial charge in [0.1, 0.15) is 11.8 Å². The van der Waals surface area contributed by atoms with Crippen molar-refractivity contribution >= 4 is 34.4 Å². The Hall–Kier alpha value is -5.45. The van der Waals surface area contributed by atoms with Crippen LogP contribution in [0.3, 0.4) is 0 Å². The van der Waals surface area contributed by atoms with Crippen molar-refractivity contribution in [2.75, 3.05) is 59.5 Å². The van der Waals surface area contributed by atoms with Gasteiger partial charge in [-0.05, 0) is 143 Å². The average Bonchev–Trinajstić information content (AvgIpc) is 3.57. The molecule has 2 amide bonds. The van der Waals surface area contributed by atoms with Gasteiger partial charge in [-0.25, -0.2) is 4.79 Å². The maximum Gasteiger partial charge on any atom is 0.395 e. The van der Waals surface area contributed by atoms with Crippen LogP contribution in [0.25, 0.3) is 16.6 Å². The number of nitrogens with zero attached hydrogens (tertiary/aromatic N) is 5. The lowest BCUT2D eigenvalue weighted by Crippen LogP contribution is -2.49. The highest BCUT2D eigenvalue weighted by Crippen LogP contribution is 2.46. The first-order valence-electron chi connectivity index (χ1n) is 25.8. The van der Waals surface area contributed by atoms with Crippen molar-refractivity contribution in [3.63, 3.8) is 0 Å². The van der Waals surface area contributed by atoms with Gasteiger partial charge in [0.25, 0.3) is 5.91 Å². The summed E-state index contributed by atoms with van der Waals surface area (Å²) in [6, 6.07) is 20.2. The van der Waals surface area contributed by atoms with E-state index in [1.165, 1.54) is 28.6 Å². The minimum absolute atomic E-state index is 0.122. The Morgan fingerprint density at radius 1 is 0.945 bits per heavy atom. The summed E-state index contributed by atoms with van der Waals surface area (Å²) in [5.74, 6) is -1.76. The second kappa shape index (κ2) is 21.8. The SMILES string of the molecule is COc1ccc([C@]2(CCN(Cc3ccc(C4=CC[C@H](CN5CCN(C(=O)c6ccc7c(c6)n(C)c(=O)n7[C@H](CC(C(=O)O)C(C)(C)C)C(N)=O)CC5)CC4)cc3)CC(C)(C)C(F)(F)F)CCOC(C)(C)C2)cc1. The Morgan fingerprint density at radius 2 is 1.62 bits per heavy atom. The number of carbonyl (C=O) groups excluding carboxylic acids is 2. The third kappa shape index (κ3) is 12.7. The number of piperazine rings is 1. The van der Waals surface area contributed by atoms with E-state index < -0.39 is 46.5 Å². The number of carbonyl (C=O) groups is 3. The van der Waals surface area contributed by atoms with Crippen LogP contribution in [0.4, 0.5) is 13.2 Å². The van der Waals surface area contributed by atoms with Crippen LogP contribution < -0.4 is 16.2 Å². The molecule has 2 saturated heterocycles. The van der Waals surface area contributed by atoms with Gasteiger partial charge in [-0.3, -0.25) is 33.3 Å². The number of alkyl halides is 3. The van der Waals surface area contributed by atoms with Crippen molar-refractivity contribution in [3.05, 3.63) is 106 Å². The number of fused-ring (bicyclic) bond motifs is 1. The van der Waals surface area contributed by atoms with Crippen LogP contribution in [0.1, 0.15) is 127 Å². The summed E-state index contributed by atoms with van der Waals surface area (Å²) in [7, 11) is 3.20. The highest BCUT2D eigenvalue weighted by Gasteiger charge is 2.49. The number of primary amides is 1. The van der Waals surface area contributed by atoms with Gasteiger partial charge in [0.05, 0.1) is 35.1 Å². The van der Waals surface area contributed by atoms with Gasteiger partial charge in [-0.2, -0.15) is 13.2 Å². The van der Waals surface area contributed by atoms with Gasteiger partial charge in [0.15, 0.2) is 0 Å². The van der Waals surface area contributed by atoms with Gasteiger partial charge < -0.3 is 25.2 Å². The number of aliphatic carboxylic acids is 1. The van der Waals surface area contributed by atoms with Gasteiger partial charge in [-0.1, -0.05) is 63.2 Å². The number of halogens is 3. The van der Waals surface area contributed by atoms with Crippen LogP contribution in [0.2, 0.25) is 0 Å². The van der Waals surface area contributed by atoms with Crippen LogP contribution in [0.5, 0.6) is 5.75 Å². The molecule has 3 aromatic carbocycles. The number of aromatic nitrogens is 2. The predicted molar refractivity (Wildman–Crippen MR) is 278 cm³/mol. The van der Waals surface area contributed by atoms with Crippen molar-refractivity contribution in [2.24, 2.45) is 35.4 Å². The number of ether oxygens (including phenoxy) is 2. The van der Waals surface area contributed by atoms with E-state index in [9.17, 15) is 37.5 Å². The number of allylic oxidation sites excluding steroid dienone is 2. The molecule has 73 heavy (non-hydrogen) atoms. The van der Waals surface area contributed by atoms with Crippen molar-refractivity contribution in [1.82, 2.24) is 23.8 Å². The Kier molecular flexibility index (Phi) is 16.5. The molecule has 1 aliphatic carbocycles. The van der Waals surface area contributed by atoms with E-state index in [1.807, 2.05) is 21.9 Å². The molecular weight excluding hydrogens is 938 g/mol. The van der Waals surface area contributed by atoms with Gasteiger partial charge in [-0.15, -0.1) is 0 Å². The predicted octanol–water partition coefficient (Wildman–Crippen LogP) is 9.46. The Morgan fingerprint density at radius 3 is 2.18 bits per heavy atom. The molecule has 2 aliphatic heterocycles. The van der Waals surface area contributed by atoms with Gasteiger partial charge in [0.2, 0.25) is 5.91 Å². The molecule has 16 heteroatoms. The van der Waals surface area contributed by atoms with Gasteiger partial charge in [0, 0.05) is 70.4 Å². The molecule has 0 saturated carbocycles. The van der Waals surface area contributed by atoms with Crippen LogP contribution >= 0.6 is 0 Å². The minimum Gasteiger partial charge on any atom is -0.497 e. The molecule has 3 heterocycles. The maximum atomic E-state index is 14.4. The number of carboxylic acid groups (broad SMARTS) is 1.